The van der Waals surface area contributed by atoms with Gasteiger partial charge in [0.05, 0.1) is 22.9 Å². The van der Waals surface area contributed by atoms with Crippen LogP contribution in [0.1, 0.15) is 27.5 Å². The number of urea groups is 1. The second kappa shape index (κ2) is 14.3. The fourth-order valence-corrected chi connectivity index (χ4v) is 8.28. The number of halogens is 1. The summed E-state index contributed by atoms with van der Waals surface area (Å²) < 4.78 is 0. The Morgan fingerprint density at radius 3 is 2.48 bits per heavy atom. The number of hydrogen-bond acceptors (Lipinski definition) is 12. The van der Waals surface area contributed by atoms with Gasteiger partial charge in [-0.05, 0) is 49.7 Å². The summed E-state index contributed by atoms with van der Waals surface area (Å²) in [5.74, 6) is 1.69. The summed E-state index contributed by atoms with van der Waals surface area (Å²) in [5.41, 5.74) is 3.47. The van der Waals surface area contributed by atoms with Crippen molar-refractivity contribution in [3.05, 3.63) is 76.0 Å². The largest absolute Gasteiger partial charge is 0.364 e. The van der Waals surface area contributed by atoms with E-state index in [1.54, 1.807) is 17.2 Å². The molecule has 52 heavy (non-hydrogen) atoms. The quantitative estimate of drug-likeness (QED) is 0.214. The molecule has 4 saturated heterocycles. The van der Waals surface area contributed by atoms with E-state index in [0.29, 0.717) is 57.4 Å². The fraction of sp³-hybridized carbons (Fsp3) is 0.389. The van der Waals surface area contributed by atoms with E-state index in [-0.39, 0.29) is 17.8 Å². The molecule has 0 saturated carbocycles. The van der Waals surface area contributed by atoms with E-state index in [1.807, 2.05) is 44.2 Å². The zero-order valence-corrected chi connectivity index (χ0v) is 30.6. The van der Waals surface area contributed by atoms with Crippen molar-refractivity contribution in [1.29, 1.82) is 0 Å². The number of aromatic nitrogens is 3. The number of likely N-dealkylation sites (tertiary alicyclic amines) is 1. The minimum Gasteiger partial charge on any atom is -0.364 e. The summed E-state index contributed by atoms with van der Waals surface area (Å²) >= 11 is 7.54. The molecule has 14 nitrogen and oxygen atoms in total. The summed E-state index contributed by atoms with van der Waals surface area (Å²) in [6, 6.07) is 16.3. The number of imide groups is 1. The molecule has 0 aliphatic carbocycles. The van der Waals surface area contributed by atoms with E-state index >= 15 is 0 Å². The molecule has 8 rings (SSSR count). The van der Waals surface area contributed by atoms with Crippen molar-refractivity contribution in [2.45, 2.75) is 32.4 Å². The van der Waals surface area contributed by atoms with Crippen molar-refractivity contribution in [2.24, 2.45) is 0 Å². The van der Waals surface area contributed by atoms with Crippen LogP contribution in [0.15, 0.2) is 54.7 Å². The zero-order chi connectivity index (χ0) is 35.9. The lowest BCUT2D eigenvalue weighted by Crippen LogP contribution is -2.79. The normalized spacial score (nSPS) is 20.6. The van der Waals surface area contributed by atoms with Gasteiger partial charge in [0.1, 0.15) is 22.3 Å². The first-order valence-electron chi connectivity index (χ1n) is 17.5. The molecule has 4 aromatic rings. The van der Waals surface area contributed by atoms with E-state index in [0.717, 1.165) is 69.4 Å². The summed E-state index contributed by atoms with van der Waals surface area (Å²) in [5, 5.41) is 9.61. The van der Waals surface area contributed by atoms with Crippen LogP contribution in [0.3, 0.4) is 0 Å². The van der Waals surface area contributed by atoms with Crippen LogP contribution in [0.5, 0.6) is 0 Å². The number of nitrogens with one attached hydrogen (secondary N) is 3. The number of carbonyl (C=O) groups excluding carboxylic acids is 3. The number of anilines is 6. The molecule has 2 atom stereocenters. The Bertz CT molecular complexity index is 1980. The van der Waals surface area contributed by atoms with Crippen molar-refractivity contribution in [2.75, 3.05) is 84.2 Å². The molecule has 270 valence electrons. The maximum Gasteiger partial charge on any atom is 0.328 e. The second-order valence-corrected chi connectivity index (χ2v) is 15.0. The Balaban J connectivity index is 0.784. The second-order valence-electron chi connectivity index (χ2n) is 13.6. The SMILES string of the molecule is Cc1nc(Nc2ncc(C(=O)Nc3c(C)cccc3Cl)s2)cc(N2CCN(CCN3C[C@H]4C3CN4c3ccc(N4CCC(=O)NC4=O)cc3)CC2)n1. The van der Waals surface area contributed by atoms with Gasteiger partial charge in [-0.25, -0.2) is 19.7 Å². The molecule has 0 bridgehead atoms. The highest BCUT2D eigenvalue weighted by Crippen LogP contribution is 2.38. The topological polar surface area (TPSA) is 142 Å². The lowest BCUT2D eigenvalue weighted by molar-refractivity contribution is -0.120. The van der Waals surface area contributed by atoms with Crippen LogP contribution in [0.2, 0.25) is 5.02 Å². The number of thiazole rings is 1. The number of nitrogens with zero attached hydrogens (tertiary/aromatic N) is 8. The van der Waals surface area contributed by atoms with Crippen LogP contribution >= 0.6 is 22.9 Å². The van der Waals surface area contributed by atoms with Crippen LogP contribution in [-0.4, -0.2) is 114 Å². The molecule has 0 spiro atoms. The third-order valence-corrected chi connectivity index (χ3v) is 11.5. The number of rotatable bonds is 10. The first-order valence-corrected chi connectivity index (χ1v) is 18.7. The predicted octanol–water partition coefficient (Wildman–Crippen LogP) is 4.34. The molecular formula is C36H40ClN11O3S. The lowest BCUT2D eigenvalue weighted by Gasteiger charge is -2.63. The Morgan fingerprint density at radius 2 is 1.75 bits per heavy atom. The molecular weight excluding hydrogens is 702 g/mol. The number of carbonyl (C=O) groups is 3. The first-order chi connectivity index (χ1) is 25.2. The molecule has 4 amide bonds. The van der Waals surface area contributed by atoms with E-state index in [9.17, 15) is 14.4 Å². The highest BCUT2D eigenvalue weighted by molar-refractivity contribution is 7.17. The smallest absolute Gasteiger partial charge is 0.328 e. The van der Waals surface area contributed by atoms with Gasteiger partial charge in [0.25, 0.3) is 5.91 Å². The maximum atomic E-state index is 12.9. The van der Waals surface area contributed by atoms with Gasteiger partial charge in [0.15, 0.2) is 5.13 Å². The molecule has 2 aromatic carbocycles. The van der Waals surface area contributed by atoms with Crippen molar-refractivity contribution in [3.8, 4) is 0 Å². The molecule has 2 aromatic heterocycles. The molecule has 4 aliphatic heterocycles. The fourth-order valence-electron chi connectivity index (χ4n) is 7.29. The Morgan fingerprint density at radius 1 is 0.962 bits per heavy atom. The number of fused-ring (bicyclic) bond motifs is 1. The summed E-state index contributed by atoms with van der Waals surface area (Å²) in [6.45, 7) is 12.0. The summed E-state index contributed by atoms with van der Waals surface area (Å²) in [7, 11) is 0. The average molecular weight is 742 g/mol. The number of amides is 4. The van der Waals surface area contributed by atoms with Gasteiger partial charge in [0.2, 0.25) is 5.91 Å². The van der Waals surface area contributed by atoms with E-state index < -0.39 is 0 Å². The van der Waals surface area contributed by atoms with E-state index in [1.165, 1.54) is 17.0 Å². The zero-order valence-electron chi connectivity index (χ0n) is 29.0. The molecule has 1 unspecified atom stereocenters. The summed E-state index contributed by atoms with van der Waals surface area (Å²) in [6.07, 6.45) is 1.87. The van der Waals surface area contributed by atoms with Crippen molar-refractivity contribution in [3.63, 3.8) is 0 Å². The molecule has 0 radical (unpaired) electrons. The van der Waals surface area contributed by atoms with Crippen LogP contribution in [0.25, 0.3) is 0 Å². The lowest BCUT2D eigenvalue weighted by atomic mass is 9.85. The van der Waals surface area contributed by atoms with Gasteiger partial charge in [-0.15, -0.1) is 0 Å². The predicted molar refractivity (Wildman–Crippen MR) is 203 cm³/mol. The number of piperazine rings is 2. The standard InChI is InChI=1S/C36H40ClN11O3S/c1-22-4-3-5-26(37)33(22)43-34(50)29-19-38-35(52-29)41-30-18-31(40-23(2)39-30)45-15-12-44(13-16-45)14-17-46-20-28-27(46)21-48(28)25-8-6-24(7-9-25)47-11-10-32(49)42-36(47)51/h3-9,18-19,27-28H,10-17,20-21H2,1-2H3,(H,43,50)(H,42,49,51)(H,38,39,40,41)/t27?,28-/m0/s1. The van der Waals surface area contributed by atoms with Crippen molar-refractivity contribution < 1.29 is 14.4 Å². The van der Waals surface area contributed by atoms with Crippen LogP contribution in [-0.2, 0) is 4.79 Å². The number of hydrogen-bond donors (Lipinski definition) is 3. The Kier molecular flexibility index (Phi) is 9.42. The van der Waals surface area contributed by atoms with Crippen LogP contribution in [0.4, 0.5) is 38.6 Å². The molecule has 16 heteroatoms. The van der Waals surface area contributed by atoms with Crippen molar-refractivity contribution in [1.82, 2.24) is 30.1 Å². The first kappa shape index (κ1) is 34.3. The molecule has 4 fully saturated rings. The maximum absolute atomic E-state index is 12.9. The van der Waals surface area contributed by atoms with Crippen LogP contribution in [0, 0.1) is 13.8 Å². The van der Waals surface area contributed by atoms with Gasteiger partial charge >= 0.3 is 6.03 Å². The summed E-state index contributed by atoms with van der Waals surface area (Å²) in [4.78, 5) is 62.2. The van der Waals surface area contributed by atoms with Gasteiger partial charge in [0, 0.05) is 88.8 Å². The molecule has 4 aliphatic rings. The highest BCUT2D eigenvalue weighted by atomic mass is 35.5. The van der Waals surface area contributed by atoms with Gasteiger partial charge < -0.3 is 20.4 Å². The Labute approximate surface area is 310 Å². The third-order valence-electron chi connectivity index (χ3n) is 10.3. The average Bonchev–Trinajstić information content (AvgIpc) is 3.59. The number of aryl methyl sites for hydroxylation is 2. The minimum absolute atomic E-state index is 0.222. The van der Waals surface area contributed by atoms with Gasteiger partial charge in [-0.1, -0.05) is 35.1 Å². The highest BCUT2D eigenvalue weighted by Gasteiger charge is 2.51. The van der Waals surface area contributed by atoms with Crippen molar-refractivity contribution >= 4 is 74.6 Å². The van der Waals surface area contributed by atoms with E-state index in [4.69, 9.17) is 16.6 Å². The molecule has 3 N–H and O–H groups in total. The molecule has 6 heterocycles. The van der Waals surface area contributed by atoms with E-state index in [2.05, 4.69) is 57.7 Å². The van der Waals surface area contributed by atoms with Gasteiger partial charge in [-0.3, -0.25) is 29.6 Å². The number of benzene rings is 2. The minimum atomic E-state index is -0.355. The van der Waals surface area contributed by atoms with Gasteiger partial charge in [-0.2, -0.15) is 0 Å². The monoisotopic (exact) mass is 741 g/mol. The third kappa shape index (κ3) is 7.00. The van der Waals surface area contributed by atoms with Crippen LogP contribution < -0.4 is 30.7 Å². The number of para-hydroxylation sites is 1. The Hall–Kier alpha value is -4.83.